The van der Waals surface area contributed by atoms with Crippen LogP contribution in [0.5, 0.6) is 0 Å². The van der Waals surface area contributed by atoms with Crippen LogP contribution in [-0.2, 0) is 0 Å². The molecule has 0 bridgehead atoms. The topological polar surface area (TPSA) is 3.24 Å². The third-order valence-electron chi connectivity index (χ3n) is 3.05. The summed E-state index contributed by atoms with van der Waals surface area (Å²) in [6.45, 7) is 0. The summed E-state index contributed by atoms with van der Waals surface area (Å²) < 4.78 is -1.48. The highest BCUT2D eigenvalue weighted by Crippen LogP contribution is 2.45. The number of hydrogen-bond acceptors (Lipinski definition) is 1. The van der Waals surface area contributed by atoms with Gasteiger partial charge in [-0.15, -0.1) is 0 Å². The van der Waals surface area contributed by atoms with Crippen molar-refractivity contribution in [1.29, 1.82) is 0 Å². The van der Waals surface area contributed by atoms with E-state index in [1.165, 1.54) is 0 Å². The molecule has 2 rings (SSSR count). The second kappa shape index (κ2) is 6.44. The lowest BCUT2D eigenvalue weighted by Crippen LogP contribution is -2.34. The summed E-state index contributed by atoms with van der Waals surface area (Å²) >= 11 is 24.8. The Morgan fingerprint density at radius 3 is 2.00 bits per heavy atom. The van der Waals surface area contributed by atoms with Crippen LogP contribution in [0.2, 0.25) is 5.02 Å². The zero-order valence-corrected chi connectivity index (χ0v) is 13.8. The summed E-state index contributed by atoms with van der Waals surface area (Å²) in [6, 6.07) is 16.7. The first-order valence-corrected chi connectivity index (χ1v) is 7.51. The van der Waals surface area contributed by atoms with Crippen molar-refractivity contribution >= 4 is 52.1 Å². The lowest BCUT2D eigenvalue weighted by molar-refractivity contribution is 0.686. The molecule has 20 heavy (non-hydrogen) atoms. The van der Waals surface area contributed by atoms with Crippen LogP contribution >= 0.6 is 46.4 Å². The molecule has 0 radical (unpaired) electrons. The summed E-state index contributed by atoms with van der Waals surface area (Å²) in [6.07, 6.45) is 0. The Morgan fingerprint density at radius 1 is 0.900 bits per heavy atom. The van der Waals surface area contributed by atoms with E-state index in [4.69, 9.17) is 46.4 Å². The molecule has 0 saturated carbocycles. The van der Waals surface area contributed by atoms with E-state index in [1.54, 1.807) is 0 Å². The normalized spacial score (nSPS) is 13.1. The second-order valence-electron chi connectivity index (χ2n) is 4.42. The van der Waals surface area contributed by atoms with Crippen LogP contribution in [0, 0.1) is 0 Å². The van der Waals surface area contributed by atoms with Gasteiger partial charge in [0.1, 0.15) is 6.04 Å². The van der Waals surface area contributed by atoms with Crippen molar-refractivity contribution < 1.29 is 0 Å². The minimum absolute atomic E-state index is 0.436. The van der Waals surface area contributed by atoms with Gasteiger partial charge in [0.2, 0.25) is 3.79 Å². The standard InChI is InChI=1S/C15H13Cl4N/c1-20(13-10-6-5-9-12(13)16)14(15(17,18)19)11-7-3-2-4-8-11/h2-10,14H,1H3. The van der Waals surface area contributed by atoms with Crippen LogP contribution in [-0.4, -0.2) is 10.8 Å². The first-order valence-electron chi connectivity index (χ1n) is 6.00. The SMILES string of the molecule is CN(c1ccccc1Cl)C(c1ccccc1)C(Cl)(Cl)Cl. The summed E-state index contributed by atoms with van der Waals surface area (Å²) in [5.74, 6) is 0. The molecule has 0 aliphatic rings. The molecule has 106 valence electrons. The molecule has 0 aliphatic heterocycles. The highest BCUT2D eigenvalue weighted by atomic mass is 35.6. The smallest absolute Gasteiger partial charge is 0.214 e. The molecule has 0 fully saturated rings. The summed E-state index contributed by atoms with van der Waals surface area (Å²) in [4.78, 5) is 1.88. The average Bonchev–Trinajstić information content (AvgIpc) is 2.39. The summed E-state index contributed by atoms with van der Waals surface area (Å²) in [7, 11) is 1.86. The predicted octanol–water partition coefficient (Wildman–Crippen LogP) is 5.89. The molecule has 0 aromatic heterocycles. The van der Waals surface area contributed by atoms with Gasteiger partial charge in [-0.05, 0) is 17.7 Å². The largest absolute Gasteiger partial charge is 0.362 e. The van der Waals surface area contributed by atoms with Crippen molar-refractivity contribution in [3.05, 3.63) is 65.2 Å². The van der Waals surface area contributed by atoms with Crippen molar-refractivity contribution in [2.75, 3.05) is 11.9 Å². The Balaban J connectivity index is 2.46. The van der Waals surface area contributed by atoms with Crippen molar-refractivity contribution in [2.24, 2.45) is 0 Å². The molecule has 2 aromatic rings. The van der Waals surface area contributed by atoms with E-state index in [0.717, 1.165) is 11.3 Å². The molecular weight excluding hydrogens is 336 g/mol. The molecule has 0 saturated heterocycles. The molecule has 1 atom stereocenters. The number of alkyl halides is 3. The third kappa shape index (κ3) is 3.53. The van der Waals surface area contributed by atoms with Crippen LogP contribution in [0.15, 0.2) is 54.6 Å². The first-order chi connectivity index (χ1) is 9.41. The Morgan fingerprint density at radius 2 is 1.45 bits per heavy atom. The highest BCUT2D eigenvalue weighted by Gasteiger charge is 2.37. The van der Waals surface area contributed by atoms with Crippen molar-refractivity contribution in [3.63, 3.8) is 0 Å². The quantitative estimate of drug-likeness (QED) is 0.625. The van der Waals surface area contributed by atoms with E-state index < -0.39 is 9.83 Å². The number of hydrogen-bond donors (Lipinski definition) is 0. The van der Waals surface area contributed by atoms with Crippen LogP contribution in [0.25, 0.3) is 0 Å². The third-order valence-corrected chi connectivity index (χ3v) is 3.98. The number of anilines is 1. The minimum atomic E-state index is -1.48. The molecule has 0 N–H and O–H groups in total. The maximum absolute atomic E-state index is 6.23. The number of para-hydroxylation sites is 1. The fourth-order valence-corrected chi connectivity index (χ4v) is 3.23. The molecular formula is C15H13Cl4N. The molecule has 0 spiro atoms. The molecule has 1 nitrogen and oxygen atoms in total. The Hall–Kier alpha value is -0.600. The van der Waals surface area contributed by atoms with Crippen molar-refractivity contribution in [3.8, 4) is 0 Å². The van der Waals surface area contributed by atoms with Gasteiger partial charge in [0.25, 0.3) is 0 Å². The Kier molecular flexibility index (Phi) is 5.09. The fraction of sp³-hybridized carbons (Fsp3) is 0.200. The van der Waals surface area contributed by atoms with Crippen LogP contribution < -0.4 is 4.90 Å². The molecule has 0 heterocycles. The van der Waals surface area contributed by atoms with E-state index in [0.29, 0.717) is 5.02 Å². The van der Waals surface area contributed by atoms with Crippen LogP contribution in [0.1, 0.15) is 11.6 Å². The predicted molar refractivity (Wildman–Crippen MR) is 89.3 cm³/mol. The Labute approximate surface area is 139 Å². The first kappa shape index (κ1) is 15.8. The second-order valence-corrected chi connectivity index (χ2v) is 7.19. The molecule has 2 aromatic carbocycles. The highest BCUT2D eigenvalue weighted by molar-refractivity contribution is 6.68. The zero-order valence-electron chi connectivity index (χ0n) is 10.7. The van der Waals surface area contributed by atoms with Crippen molar-refractivity contribution in [1.82, 2.24) is 0 Å². The lowest BCUT2D eigenvalue weighted by Gasteiger charge is -2.35. The zero-order chi connectivity index (χ0) is 14.8. The molecule has 5 heteroatoms. The lowest BCUT2D eigenvalue weighted by atomic mass is 10.1. The molecule has 0 amide bonds. The van der Waals surface area contributed by atoms with E-state index in [-0.39, 0.29) is 0 Å². The van der Waals surface area contributed by atoms with Gasteiger partial charge in [0.15, 0.2) is 0 Å². The van der Waals surface area contributed by atoms with Crippen LogP contribution in [0.3, 0.4) is 0 Å². The van der Waals surface area contributed by atoms with Gasteiger partial charge in [-0.2, -0.15) is 0 Å². The van der Waals surface area contributed by atoms with E-state index in [1.807, 2.05) is 66.5 Å². The maximum Gasteiger partial charge on any atom is 0.214 e. The molecule has 1 unspecified atom stereocenters. The van der Waals surface area contributed by atoms with Gasteiger partial charge in [-0.3, -0.25) is 0 Å². The van der Waals surface area contributed by atoms with Gasteiger partial charge in [0, 0.05) is 7.05 Å². The van der Waals surface area contributed by atoms with E-state index >= 15 is 0 Å². The van der Waals surface area contributed by atoms with Gasteiger partial charge in [-0.1, -0.05) is 88.9 Å². The summed E-state index contributed by atoms with van der Waals surface area (Å²) in [5.41, 5.74) is 1.73. The summed E-state index contributed by atoms with van der Waals surface area (Å²) in [5, 5.41) is 0.616. The fourth-order valence-electron chi connectivity index (χ4n) is 2.14. The van der Waals surface area contributed by atoms with E-state index in [2.05, 4.69) is 0 Å². The Bertz CT molecular complexity index is 566. The number of halogens is 4. The monoisotopic (exact) mass is 347 g/mol. The van der Waals surface area contributed by atoms with Crippen molar-refractivity contribution in [2.45, 2.75) is 9.83 Å². The molecule has 0 aliphatic carbocycles. The minimum Gasteiger partial charge on any atom is -0.362 e. The number of nitrogens with zero attached hydrogens (tertiary/aromatic N) is 1. The van der Waals surface area contributed by atoms with E-state index in [9.17, 15) is 0 Å². The van der Waals surface area contributed by atoms with Gasteiger partial charge in [-0.25, -0.2) is 0 Å². The number of rotatable bonds is 3. The van der Waals surface area contributed by atoms with Gasteiger partial charge >= 0.3 is 0 Å². The number of benzene rings is 2. The van der Waals surface area contributed by atoms with Gasteiger partial charge in [0.05, 0.1) is 10.7 Å². The maximum atomic E-state index is 6.23. The van der Waals surface area contributed by atoms with Gasteiger partial charge < -0.3 is 4.90 Å². The average molecular weight is 349 g/mol. The van der Waals surface area contributed by atoms with Crippen LogP contribution in [0.4, 0.5) is 5.69 Å².